The highest BCUT2D eigenvalue weighted by atomic mass is 16.4. The molecule has 0 amide bonds. The van der Waals surface area contributed by atoms with Crippen LogP contribution in [0.1, 0.15) is 17.2 Å². The van der Waals surface area contributed by atoms with E-state index in [0.717, 1.165) is 22.0 Å². The van der Waals surface area contributed by atoms with E-state index in [1.807, 2.05) is 54.6 Å². The van der Waals surface area contributed by atoms with Gasteiger partial charge in [-0.15, -0.1) is 0 Å². The van der Waals surface area contributed by atoms with Gasteiger partial charge < -0.3 is 10.1 Å². The summed E-state index contributed by atoms with van der Waals surface area (Å²) >= 11 is 0. The second kappa shape index (κ2) is 5.81. The van der Waals surface area contributed by atoms with Crippen LogP contribution < -0.4 is 5.32 Å². The molecule has 3 N–H and O–H groups in total. The number of para-hydroxylation sites is 1. The van der Waals surface area contributed by atoms with Crippen molar-refractivity contribution in [1.29, 1.82) is 0 Å². The van der Waals surface area contributed by atoms with Crippen molar-refractivity contribution < 1.29 is 9.90 Å². The summed E-state index contributed by atoms with van der Waals surface area (Å²) in [6.07, 6.45) is 1.77. The highest BCUT2D eigenvalue weighted by Gasteiger charge is 2.22. The molecule has 21 heavy (non-hydrogen) atoms. The number of fused-ring (bicyclic) bond motifs is 1. The lowest BCUT2D eigenvalue weighted by Crippen LogP contribution is -2.27. The molecule has 0 radical (unpaired) electrons. The SMILES string of the molecule is O=C(O)[C@H](NCc1ccccc1)c1c[nH]c2ccccc12. The fourth-order valence-electron chi connectivity index (χ4n) is 2.48. The Morgan fingerprint density at radius 3 is 2.57 bits per heavy atom. The monoisotopic (exact) mass is 280 g/mol. The normalized spacial score (nSPS) is 12.4. The van der Waals surface area contributed by atoms with Crippen LogP contribution in [0.25, 0.3) is 10.9 Å². The molecular formula is C17H16N2O2. The zero-order valence-electron chi connectivity index (χ0n) is 11.4. The second-order valence-corrected chi connectivity index (χ2v) is 4.93. The van der Waals surface area contributed by atoms with E-state index in [0.29, 0.717) is 6.54 Å². The number of hydrogen-bond donors (Lipinski definition) is 3. The number of benzene rings is 2. The zero-order chi connectivity index (χ0) is 14.7. The minimum atomic E-state index is -0.879. The van der Waals surface area contributed by atoms with Crippen molar-refractivity contribution in [2.45, 2.75) is 12.6 Å². The van der Waals surface area contributed by atoms with Gasteiger partial charge in [-0.25, -0.2) is 0 Å². The third-order valence-corrected chi connectivity index (χ3v) is 3.53. The Kier molecular flexibility index (Phi) is 3.71. The summed E-state index contributed by atoms with van der Waals surface area (Å²) < 4.78 is 0. The molecule has 4 heteroatoms. The molecule has 0 aliphatic carbocycles. The van der Waals surface area contributed by atoms with Crippen LogP contribution in [0.2, 0.25) is 0 Å². The number of carboxylic acids is 1. The summed E-state index contributed by atoms with van der Waals surface area (Å²) in [5, 5.41) is 13.6. The molecule has 0 aliphatic rings. The van der Waals surface area contributed by atoms with Crippen molar-refractivity contribution in [3.63, 3.8) is 0 Å². The molecule has 0 unspecified atom stereocenters. The molecule has 3 rings (SSSR count). The number of carbonyl (C=O) groups is 1. The van der Waals surface area contributed by atoms with E-state index < -0.39 is 12.0 Å². The van der Waals surface area contributed by atoms with Crippen LogP contribution in [0.5, 0.6) is 0 Å². The number of H-pyrrole nitrogens is 1. The fourth-order valence-corrected chi connectivity index (χ4v) is 2.48. The summed E-state index contributed by atoms with van der Waals surface area (Å²) in [4.78, 5) is 14.7. The lowest BCUT2D eigenvalue weighted by atomic mass is 10.1. The van der Waals surface area contributed by atoms with Gasteiger partial charge in [0.15, 0.2) is 0 Å². The molecule has 2 aromatic carbocycles. The number of aromatic amines is 1. The molecule has 1 heterocycles. The predicted octanol–water partition coefficient (Wildman–Crippen LogP) is 3.08. The van der Waals surface area contributed by atoms with Gasteiger partial charge in [0.25, 0.3) is 0 Å². The molecule has 106 valence electrons. The minimum absolute atomic E-state index is 0.511. The summed E-state index contributed by atoms with van der Waals surface area (Å²) in [5.41, 5.74) is 2.76. The van der Waals surface area contributed by atoms with Crippen LogP contribution in [0.4, 0.5) is 0 Å². The van der Waals surface area contributed by atoms with Crippen LogP contribution in [-0.4, -0.2) is 16.1 Å². The molecule has 0 spiro atoms. The van der Waals surface area contributed by atoms with Gasteiger partial charge in [0, 0.05) is 29.2 Å². The van der Waals surface area contributed by atoms with E-state index in [1.54, 1.807) is 6.20 Å². The standard InChI is InChI=1S/C17H16N2O2/c20-17(21)16(19-10-12-6-2-1-3-7-12)14-11-18-15-9-5-4-8-13(14)15/h1-9,11,16,18-19H,10H2,(H,20,21)/t16-/m1/s1. The van der Waals surface area contributed by atoms with Gasteiger partial charge >= 0.3 is 5.97 Å². The van der Waals surface area contributed by atoms with Gasteiger partial charge in [0.1, 0.15) is 6.04 Å². The molecule has 0 aliphatic heterocycles. The molecule has 4 nitrogen and oxygen atoms in total. The topological polar surface area (TPSA) is 65.1 Å². The lowest BCUT2D eigenvalue weighted by Gasteiger charge is -2.14. The van der Waals surface area contributed by atoms with E-state index >= 15 is 0 Å². The number of aliphatic carboxylic acids is 1. The van der Waals surface area contributed by atoms with E-state index in [-0.39, 0.29) is 0 Å². The van der Waals surface area contributed by atoms with Gasteiger partial charge in [0.2, 0.25) is 0 Å². The quantitative estimate of drug-likeness (QED) is 0.673. The fraction of sp³-hybridized carbons (Fsp3) is 0.118. The van der Waals surface area contributed by atoms with E-state index in [1.165, 1.54) is 0 Å². The summed E-state index contributed by atoms with van der Waals surface area (Å²) in [5.74, 6) is -0.879. The maximum Gasteiger partial charge on any atom is 0.325 e. The van der Waals surface area contributed by atoms with Gasteiger partial charge in [-0.05, 0) is 11.6 Å². The van der Waals surface area contributed by atoms with E-state index in [9.17, 15) is 9.90 Å². The first-order valence-corrected chi connectivity index (χ1v) is 6.82. The first kappa shape index (κ1) is 13.4. The van der Waals surface area contributed by atoms with Gasteiger partial charge in [-0.2, -0.15) is 0 Å². The highest BCUT2D eigenvalue weighted by molar-refractivity contribution is 5.89. The van der Waals surface area contributed by atoms with Crippen molar-refractivity contribution in [2.75, 3.05) is 0 Å². The van der Waals surface area contributed by atoms with Crippen molar-refractivity contribution in [3.05, 3.63) is 71.9 Å². The Bertz CT molecular complexity index is 750. The minimum Gasteiger partial charge on any atom is -0.480 e. The van der Waals surface area contributed by atoms with Gasteiger partial charge in [-0.3, -0.25) is 10.1 Å². The predicted molar refractivity (Wildman–Crippen MR) is 82.0 cm³/mol. The van der Waals surface area contributed by atoms with Crippen LogP contribution in [0.3, 0.4) is 0 Å². The summed E-state index contributed by atoms with van der Waals surface area (Å²) in [7, 11) is 0. The van der Waals surface area contributed by atoms with Crippen molar-refractivity contribution in [2.24, 2.45) is 0 Å². The Labute approximate surface area is 122 Å². The number of carboxylic acid groups (broad SMARTS) is 1. The van der Waals surface area contributed by atoms with Crippen molar-refractivity contribution >= 4 is 16.9 Å². The molecule has 0 fully saturated rings. The molecule has 0 saturated carbocycles. The Balaban J connectivity index is 1.86. The number of rotatable bonds is 5. The average molecular weight is 280 g/mol. The van der Waals surface area contributed by atoms with Crippen LogP contribution in [0, 0.1) is 0 Å². The maximum atomic E-state index is 11.6. The maximum absolute atomic E-state index is 11.6. The zero-order valence-corrected chi connectivity index (χ0v) is 11.4. The van der Waals surface area contributed by atoms with Crippen molar-refractivity contribution in [1.82, 2.24) is 10.3 Å². The molecular weight excluding hydrogens is 264 g/mol. The second-order valence-electron chi connectivity index (χ2n) is 4.93. The highest BCUT2D eigenvalue weighted by Crippen LogP contribution is 2.24. The van der Waals surface area contributed by atoms with Gasteiger partial charge in [0.05, 0.1) is 0 Å². The van der Waals surface area contributed by atoms with Crippen molar-refractivity contribution in [3.8, 4) is 0 Å². The molecule has 3 aromatic rings. The smallest absolute Gasteiger partial charge is 0.325 e. The number of hydrogen-bond acceptors (Lipinski definition) is 2. The van der Waals surface area contributed by atoms with E-state index in [4.69, 9.17) is 0 Å². The Hall–Kier alpha value is -2.59. The lowest BCUT2D eigenvalue weighted by molar-refractivity contribution is -0.139. The summed E-state index contributed by atoms with van der Waals surface area (Å²) in [6.45, 7) is 0.511. The van der Waals surface area contributed by atoms with E-state index in [2.05, 4.69) is 10.3 Å². The summed E-state index contributed by atoms with van der Waals surface area (Å²) in [6, 6.07) is 16.8. The molecule has 0 saturated heterocycles. The number of nitrogens with one attached hydrogen (secondary N) is 2. The Morgan fingerprint density at radius 2 is 1.81 bits per heavy atom. The first-order chi connectivity index (χ1) is 10.3. The third kappa shape index (κ3) is 2.80. The third-order valence-electron chi connectivity index (χ3n) is 3.53. The average Bonchev–Trinajstić information content (AvgIpc) is 2.92. The number of aromatic nitrogens is 1. The largest absolute Gasteiger partial charge is 0.480 e. The Morgan fingerprint density at radius 1 is 1.10 bits per heavy atom. The first-order valence-electron chi connectivity index (χ1n) is 6.82. The molecule has 1 atom stereocenters. The molecule has 1 aromatic heterocycles. The molecule has 0 bridgehead atoms. The van der Waals surface area contributed by atoms with Crippen LogP contribution >= 0.6 is 0 Å². The van der Waals surface area contributed by atoms with Crippen LogP contribution in [0.15, 0.2) is 60.8 Å². The van der Waals surface area contributed by atoms with Gasteiger partial charge in [-0.1, -0.05) is 48.5 Å². The van der Waals surface area contributed by atoms with Crippen LogP contribution in [-0.2, 0) is 11.3 Å².